The second kappa shape index (κ2) is 6.13. The van der Waals surface area contributed by atoms with Crippen molar-refractivity contribution >= 4 is 20.8 Å². The molecule has 5 heteroatoms. The highest BCUT2D eigenvalue weighted by Gasteiger charge is 2.17. The summed E-state index contributed by atoms with van der Waals surface area (Å²) in [4.78, 5) is 2.66. The van der Waals surface area contributed by atoms with Crippen LogP contribution in [0.4, 0.5) is 0 Å². The Hall–Kier alpha value is -1.43. The van der Waals surface area contributed by atoms with Gasteiger partial charge in [0.2, 0.25) is 10.0 Å². The highest BCUT2D eigenvalue weighted by Crippen LogP contribution is 2.22. The fourth-order valence-corrected chi connectivity index (χ4v) is 4.10. The first-order chi connectivity index (χ1) is 10.2. The van der Waals surface area contributed by atoms with E-state index in [4.69, 9.17) is 0 Å². The van der Waals surface area contributed by atoms with Gasteiger partial charge in [-0.3, -0.25) is 0 Å². The lowest BCUT2D eigenvalue weighted by Gasteiger charge is -2.15. The summed E-state index contributed by atoms with van der Waals surface area (Å²) < 4.78 is 27.7. The largest absolute Gasteiger partial charge is 0.302 e. The van der Waals surface area contributed by atoms with E-state index in [1.807, 2.05) is 30.3 Å². The van der Waals surface area contributed by atoms with Gasteiger partial charge in [0, 0.05) is 18.5 Å². The molecule has 0 unspecified atom stereocenters. The van der Waals surface area contributed by atoms with Crippen LogP contribution in [0.5, 0.6) is 0 Å². The monoisotopic (exact) mass is 304 g/mol. The Morgan fingerprint density at radius 2 is 1.71 bits per heavy atom. The zero-order valence-electron chi connectivity index (χ0n) is 12.0. The predicted octanol–water partition coefficient (Wildman–Crippen LogP) is 2.21. The molecular formula is C16H20N2O2S. The standard InChI is InChI=1S/C16H20N2O2S/c19-21(20,17-10-13-18-11-3-4-12-18)16-9-5-7-14-6-1-2-8-15(14)16/h1-2,5-9,17H,3-4,10-13H2. The highest BCUT2D eigenvalue weighted by molar-refractivity contribution is 7.89. The Kier molecular flexibility index (Phi) is 4.24. The van der Waals surface area contributed by atoms with Crippen LogP contribution in [0, 0.1) is 0 Å². The van der Waals surface area contributed by atoms with Crippen molar-refractivity contribution in [2.45, 2.75) is 17.7 Å². The molecule has 0 aliphatic carbocycles. The van der Waals surface area contributed by atoms with Gasteiger partial charge in [0.05, 0.1) is 4.90 Å². The van der Waals surface area contributed by atoms with Crippen molar-refractivity contribution in [1.29, 1.82) is 0 Å². The van der Waals surface area contributed by atoms with Crippen molar-refractivity contribution in [2.24, 2.45) is 0 Å². The van der Waals surface area contributed by atoms with Crippen molar-refractivity contribution in [3.05, 3.63) is 42.5 Å². The molecule has 21 heavy (non-hydrogen) atoms. The lowest BCUT2D eigenvalue weighted by atomic mass is 10.1. The molecule has 0 saturated carbocycles. The molecule has 3 rings (SSSR count). The summed E-state index contributed by atoms with van der Waals surface area (Å²) in [6.45, 7) is 3.40. The van der Waals surface area contributed by atoms with Gasteiger partial charge in [-0.1, -0.05) is 36.4 Å². The van der Waals surface area contributed by atoms with Crippen molar-refractivity contribution in [2.75, 3.05) is 26.2 Å². The predicted molar refractivity (Wildman–Crippen MR) is 84.8 cm³/mol. The maximum Gasteiger partial charge on any atom is 0.241 e. The van der Waals surface area contributed by atoms with Gasteiger partial charge in [0.1, 0.15) is 0 Å². The van der Waals surface area contributed by atoms with Gasteiger partial charge in [0.25, 0.3) is 0 Å². The number of sulfonamides is 1. The van der Waals surface area contributed by atoms with Gasteiger partial charge in [-0.25, -0.2) is 13.1 Å². The molecule has 2 aromatic rings. The molecule has 0 atom stereocenters. The van der Waals surface area contributed by atoms with E-state index in [-0.39, 0.29) is 0 Å². The van der Waals surface area contributed by atoms with Crippen LogP contribution in [0.15, 0.2) is 47.4 Å². The first-order valence-corrected chi connectivity index (χ1v) is 8.85. The van der Waals surface area contributed by atoms with Gasteiger partial charge in [-0.05, 0) is 37.4 Å². The van der Waals surface area contributed by atoms with Gasteiger partial charge in [-0.2, -0.15) is 0 Å². The number of nitrogens with zero attached hydrogens (tertiary/aromatic N) is 1. The van der Waals surface area contributed by atoms with Gasteiger partial charge < -0.3 is 4.90 Å². The third-order valence-corrected chi connectivity index (χ3v) is 5.48. The molecule has 1 saturated heterocycles. The lowest BCUT2D eigenvalue weighted by molar-refractivity contribution is 0.344. The number of hydrogen-bond acceptors (Lipinski definition) is 3. The summed E-state index contributed by atoms with van der Waals surface area (Å²) in [7, 11) is -3.46. The van der Waals surface area contributed by atoms with E-state index < -0.39 is 10.0 Å². The summed E-state index contributed by atoms with van der Waals surface area (Å²) in [5.74, 6) is 0. The van der Waals surface area contributed by atoms with Crippen molar-refractivity contribution < 1.29 is 8.42 Å². The number of nitrogens with one attached hydrogen (secondary N) is 1. The summed E-state index contributed by atoms with van der Waals surface area (Å²) in [5.41, 5.74) is 0. The first kappa shape index (κ1) is 14.5. The number of likely N-dealkylation sites (tertiary alicyclic amines) is 1. The fraction of sp³-hybridized carbons (Fsp3) is 0.375. The molecular weight excluding hydrogens is 284 g/mol. The molecule has 4 nitrogen and oxygen atoms in total. The van der Waals surface area contributed by atoms with Crippen LogP contribution in [-0.2, 0) is 10.0 Å². The summed E-state index contributed by atoms with van der Waals surface area (Å²) >= 11 is 0. The third kappa shape index (κ3) is 3.26. The molecule has 0 amide bonds. The summed E-state index contributed by atoms with van der Waals surface area (Å²) in [5, 5.41) is 1.72. The minimum absolute atomic E-state index is 0.363. The van der Waals surface area contributed by atoms with Crippen molar-refractivity contribution in [3.8, 4) is 0 Å². The molecule has 0 bridgehead atoms. The molecule has 0 aromatic heterocycles. The van der Waals surface area contributed by atoms with Crippen LogP contribution < -0.4 is 4.72 Å². The van der Waals surface area contributed by atoms with Crippen molar-refractivity contribution in [1.82, 2.24) is 9.62 Å². The van der Waals surface area contributed by atoms with E-state index in [9.17, 15) is 8.42 Å². The Morgan fingerprint density at radius 1 is 1.00 bits per heavy atom. The number of benzene rings is 2. The second-order valence-corrected chi connectivity index (χ2v) is 7.16. The van der Waals surface area contributed by atoms with Gasteiger partial charge >= 0.3 is 0 Å². The maximum atomic E-state index is 12.5. The average molecular weight is 304 g/mol. The zero-order valence-corrected chi connectivity index (χ0v) is 12.8. The number of fused-ring (bicyclic) bond motifs is 1. The van der Waals surface area contributed by atoms with Crippen LogP contribution in [-0.4, -0.2) is 39.5 Å². The normalized spacial score (nSPS) is 16.6. The van der Waals surface area contributed by atoms with Crippen LogP contribution >= 0.6 is 0 Å². The fourth-order valence-electron chi connectivity index (χ4n) is 2.85. The summed E-state index contributed by atoms with van der Waals surface area (Å²) in [6.07, 6.45) is 2.44. The van der Waals surface area contributed by atoms with Gasteiger partial charge in [-0.15, -0.1) is 0 Å². The Labute approximate surface area is 125 Å². The molecule has 1 heterocycles. The smallest absolute Gasteiger partial charge is 0.241 e. The average Bonchev–Trinajstić information content (AvgIpc) is 3.00. The van der Waals surface area contributed by atoms with Gasteiger partial charge in [0.15, 0.2) is 0 Å². The lowest BCUT2D eigenvalue weighted by Crippen LogP contribution is -2.33. The van der Waals surface area contributed by atoms with E-state index in [1.54, 1.807) is 12.1 Å². The summed E-state index contributed by atoms with van der Waals surface area (Å²) in [6, 6.07) is 12.9. The van der Waals surface area contributed by atoms with E-state index in [1.165, 1.54) is 12.8 Å². The zero-order chi connectivity index (χ0) is 14.7. The number of rotatable bonds is 5. The first-order valence-electron chi connectivity index (χ1n) is 7.37. The Morgan fingerprint density at radius 3 is 2.52 bits per heavy atom. The minimum Gasteiger partial charge on any atom is -0.302 e. The van der Waals surface area contributed by atoms with Crippen LogP contribution in [0.3, 0.4) is 0 Å². The molecule has 0 spiro atoms. The van der Waals surface area contributed by atoms with E-state index in [0.29, 0.717) is 11.4 Å². The van der Waals surface area contributed by atoms with Crippen molar-refractivity contribution in [3.63, 3.8) is 0 Å². The molecule has 0 radical (unpaired) electrons. The third-order valence-electron chi connectivity index (χ3n) is 3.96. The SMILES string of the molecule is O=S(=O)(NCCN1CCCC1)c1cccc2ccccc12. The quantitative estimate of drug-likeness (QED) is 0.921. The molecule has 1 N–H and O–H groups in total. The molecule has 1 aliphatic rings. The van der Waals surface area contributed by atoms with Crippen LogP contribution in [0.25, 0.3) is 10.8 Å². The topological polar surface area (TPSA) is 49.4 Å². The second-order valence-electron chi connectivity index (χ2n) is 5.42. The molecule has 1 aliphatic heterocycles. The Balaban J connectivity index is 1.76. The minimum atomic E-state index is -3.46. The van der Waals surface area contributed by atoms with Crippen LogP contribution in [0.2, 0.25) is 0 Å². The maximum absolute atomic E-state index is 12.5. The van der Waals surface area contributed by atoms with E-state index in [2.05, 4.69) is 9.62 Å². The Bertz CT molecular complexity index is 717. The van der Waals surface area contributed by atoms with E-state index in [0.717, 1.165) is 30.4 Å². The molecule has 2 aromatic carbocycles. The van der Waals surface area contributed by atoms with E-state index >= 15 is 0 Å². The highest BCUT2D eigenvalue weighted by atomic mass is 32.2. The molecule has 1 fully saturated rings. The van der Waals surface area contributed by atoms with Crippen LogP contribution in [0.1, 0.15) is 12.8 Å². The molecule has 112 valence electrons. The number of hydrogen-bond donors (Lipinski definition) is 1.